The molecule has 1 amide bonds. The molecule has 31 heavy (non-hydrogen) atoms. The first kappa shape index (κ1) is 20.1. The van der Waals surface area contributed by atoms with Crippen LogP contribution in [-0.4, -0.2) is 26.3 Å². The number of rotatable bonds is 3. The number of nitrogens with one attached hydrogen (secondary N) is 1. The third-order valence-electron chi connectivity index (χ3n) is 5.22. The average Bonchev–Trinajstić information content (AvgIpc) is 3.01. The quantitative estimate of drug-likeness (QED) is 0.640. The van der Waals surface area contributed by atoms with Gasteiger partial charge in [0, 0.05) is 0 Å². The molecule has 0 unspecified atom stereocenters. The number of benzene rings is 2. The first-order valence-electron chi connectivity index (χ1n) is 9.60. The molecule has 1 aliphatic heterocycles. The second-order valence-corrected chi connectivity index (χ2v) is 7.30. The third kappa shape index (κ3) is 3.48. The van der Waals surface area contributed by atoms with Gasteiger partial charge in [-0.15, -0.1) is 0 Å². The number of hydrazone groups is 1. The summed E-state index contributed by atoms with van der Waals surface area (Å²) in [5.41, 5.74) is 1.83. The van der Waals surface area contributed by atoms with Crippen LogP contribution in [0.15, 0.2) is 68.8 Å². The average molecular weight is 416 g/mol. The molecule has 0 atom stereocenters. The van der Waals surface area contributed by atoms with Crippen molar-refractivity contribution in [2.45, 2.75) is 20.8 Å². The van der Waals surface area contributed by atoms with E-state index in [4.69, 9.17) is 0 Å². The topological polar surface area (TPSA) is 108 Å². The molecular weight excluding hydrogens is 396 g/mol. The lowest BCUT2D eigenvalue weighted by Crippen LogP contribution is -2.30. The zero-order valence-electron chi connectivity index (χ0n) is 17.2. The van der Waals surface area contributed by atoms with E-state index in [0.717, 1.165) is 15.7 Å². The van der Waals surface area contributed by atoms with Crippen LogP contribution in [-0.2, 0) is 4.79 Å². The Hall–Kier alpha value is -4.20. The van der Waals surface area contributed by atoms with E-state index in [1.54, 1.807) is 43.3 Å². The Kier molecular flexibility index (Phi) is 4.90. The fourth-order valence-electron chi connectivity index (χ4n) is 3.35. The summed E-state index contributed by atoms with van der Waals surface area (Å²) >= 11 is 0. The van der Waals surface area contributed by atoms with Gasteiger partial charge in [-0.05, 0) is 62.2 Å². The van der Waals surface area contributed by atoms with Crippen molar-refractivity contribution in [1.29, 1.82) is 0 Å². The van der Waals surface area contributed by atoms with Gasteiger partial charge in [0.1, 0.15) is 5.56 Å². The summed E-state index contributed by atoms with van der Waals surface area (Å²) in [5.74, 6) is -0.991. The highest BCUT2D eigenvalue weighted by molar-refractivity contribution is 6.32. The summed E-state index contributed by atoms with van der Waals surface area (Å²) in [5, 5.41) is 16.3. The number of aromatic hydroxyl groups is 1. The second-order valence-electron chi connectivity index (χ2n) is 7.30. The minimum absolute atomic E-state index is 0.150. The Bertz CT molecular complexity index is 1380. The molecule has 3 aromatic rings. The standard InChI is InChI=1S/C23H20N4O4/c1-13-9-10-17(11-14(13)2)27-22(30)18(15(3)25-27)12-19-20(28)24-23(31)26(21(19)29)16-7-5-4-6-8-16/h4-12,29H,1-3H3,(H,24,28,31)/b18-12+. The number of carbonyl (C=O) groups excluding carboxylic acids is 1. The molecular formula is C23H20N4O4. The number of hydrogen-bond donors (Lipinski definition) is 2. The lowest BCUT2D eigenvalue weighted by Gasteiger charge is -2.13. The molecule has 2 N–H and O–H groups in total. The predicted octanol–water partition coefficient (Wildman–Crippen LogP) is 2.65. The van der Waals surface area contributed by atoms with E-state index in [2.05, 4.69) is 10.1 Å². The molecule has 0 saturated carbocycles. The zero-order valence-corrected chi connectivity index (χ0v) is 17.2. The fourth-order valence-corrected chi connectivity index (χ4v) is 3.35. The van der Waals surface area contributed by atoms with Gasteiger partial charge in [0.05, 0.1) is 22.7 Å². The highest BCUT2D eigenvalue weighted by atomic mass is 16.3. The van der Waals surface area contributed by atoms with Crippen molar-refractivity contribution >= 4 is 23.4 Å². The molecule has 1 aromatic heterocycles. The Morgan fingerprint density at radius 2 is 1.65 bits per heavy atom. The molecule has 0 spiro atoms. The van der Waals surface area contributed by atoms with E-state index in [0.29, 0.717) is 17.1 Å². The Morgan fingerprint density at radius 3 is 2.32 bits per heavy atom. The zero-order chi connectivity index (χ0) is 22.3. The van der Waals surface area contributed by atoms with Crippen molar-refractivity contribution < 1.29 is 9.90 Å². The highest BCUT2D eigenvalue weighted by Gasteiger charge is 2.30. The van der Waals surface area contributed by atoms with Gasteiger partial charge < -0.3 is 5.11 Å². The van der Waals surface area contributed by atoms with Gasteiger partial charge >= 0.3 is 5.69 Å². The summed E-state index contributed by atoms with van der Waals surface area (Å²) in [7, 11) is 0. The molecule has 2 aromatic carbocycles. The maximum Gasteiger partial charge on any atom is 0.335 e. The van der Waals surface area contributed by atoms with Crippen molar-refractivity contribution in [3.05, 3.63) is 91.6 Å². The summed E-state index contributed by atoms with van der Waals surface area (Å²) in [6.07, 6.45) is 1.26. The molecule has 0 radical (unpaired) electrons. The number of aromatic nitrogens is 2. The first-order chi connectivity index (χ1) is 14.8. The van der Waals surface area contributed by atoms with Crippen LogP contribution in [0, 0.1) is 13.8 Å². The monoisotopic (exact) mass is 416 g/mol. The minimum Gasteiger partial charge on any atom is -0.494 e. The molecule has 1 aliphatic rings. The Morgan fingerprint density at radius 1 is 0.935 bits per heavy atom. The molecule has 8 heteroatoms. The third-order valence-corrected chi connectivity index (χ3v) is 5.22. The van der Waals surface area contributed by atoms with Gasteiger partial charge in [0.15, 0.2) is 0 Å². The van der Waals surface area contributed by atoms with Crippen molar-refractivity contribution in [1.82, 2.24) is 9.55 Å². The number of aryl methyl sites for hydroxylation is 2. The molecule has 2 heterocycles. The molecule has 156 valence electrons. The normalized spacial score (nSPS) is 14.9. The van der Waals surface area contributed by atoms with Crippen molar-refractivity contribution in [2.75, 3.05) is 5.01 Å². The summed E-state index contributed by atoms with van der Waals surface area (Å²) < 4.78 is 0.973. The number of amides is 1. The van der Waals surface area contributed by atoms with Crippen LogP contribution < -0.4 is 16.3 Å². The largest absolute Gasteiger partial charge is 0.494 e. The number of H-pyrrole nitrogens is 1. The smallest absolute Gasteiger partial charge is 0.335 e. The van der Waals surface area contributed by atoms with Crippen LogP contribution in [0.3, 0.4) is 0 Å². The van der Waals surface area contributed by atoms with Gasteiger partial charge in [-0.25, -0.2) is 9.36 Å². The number of para-hydroxylation sites is 1. The molecule has 0 fully saturated rings. The van der Waals surface area contributed by atoms with Crippen LogP contribution in [0.4, 0.5) is 5.69 Å². The highest BCUT2D eigenvalue weighted by Crippen LogP contribution is 2.27. The summed E-state index contributed by atoms with van der Waals surface area (Å²) in [4.78, 5) is 40.0. The van der Waals surface area contributed by atoms with Crippen LogP contribution in [0.1, 0.15) is 23.6 Å². The summed E-state index contributed by atoms with van der Waals surface area (Å²) in [6.45, 7) is 5.56. The predicted molar refractivity (Wildman–Crippen MR) is 119 cm³/mol. The number of carbonyl (C=O) groups is 1. The Balaban J connectivity index is 1.81. The van der Waals surface area contributed by atoms with E-state index >= 15 is 0 Å². The number of nitrogens with zero attached hydrogens (tertiary/aromatic N) is 3. The van der Waals surface area contributed by atoms with Gasteiger partial charge in [-0.1, -0.05) is 24.3 Å². The molecule has 0 saturated heterocycles. The van der Waals surface area contributed by atoms with Gasteiger partial charge in [-0.2, -0.15) is 10.1 Å². The Labute approximate surface area is 177 Å². The van der Waals surface area contributed by atoms with E-state index in [1.165, 1.54) is 11.1 Å². The van der Waals surface area contributed by atoms with Crippen molar-refractivity contribution in [3.8, 4) is 11.6 Å². The van der Waals surface area contributed by atoms with Crippen LogP contribution >= 0.6 is 0 Å². The lowest BCUT2D eigenvalue weighted by atomic mass is 10.1. The fraction of sp³-hybridized carbons (Fsp3) is 0.130. The van der Waals surface area contributed by atoms with Crippen LogP contribution in [0.25, 0.3) is 11.8 Å². The van der Waals surface area contributed by atoms with E-state index in [-0.39, 0.29) is 11.1 Å². The molecule has 4 rings (SSSR count). The van der Waals surface area contributed by atoms with E-state index in [1.807, 2.05) is 26.0 Å². The maximum absolute atomic E-state index is 13.0. The molecule has 0 aliphatic carbocycles. The molecule has 8 nitrogen and oxygen atoms in total. The van der Waals surface area contributed by atoms with Gasteiger partial charge in [-0.3, -0.25) is 14.6 Å². The lowest BCUT2D eigenvalue weighted by molar-refractivity contribution is -0.114. The van der Waals surface area contributed by atoms with Crippen molar-refractivity contribution in [3.63, 3.8) is 0 Å². The SMILES string of the molecule is CC1=NN(c2ccc(C)c(C)c2)C(=O)/C1=C/c1c(O)n(-c2ccccc2)c(=O)[nH]c1=O. The van der Waals surface area contributed by atoms with Crippen molar-refractivity contribution in [2.24, 2.45) is 5.10 Å². The second kappa shape index (κ2) is 7.56. The number of hydrogen-bond acceptors (Lipinski definition) is 5. The number of aromatic amines is 1. The maximum atomic E-state index is 13.0. The molecule has 0 bridgehead atoms. The van der Waals surface area contributed by atoms with Crippen LogP contribution in [0.2, 0.25) is 0 Å². The van der Waals surface area contributed by atoms with Gasteiger partial charge in [0.25, 0.3) is 11.5 Å². The van der Waals surface area contributed by atoms with E-state index in [9.17, 15) is 19.5 Å². The van der Waals surface area contributed by atoms with E-state index < -0.39 is 23.0 Å². The first-order valence-corrected chi connectivity index (χ1v) is 9.60. The summed E-state index contributed by atoms with van der Waals surface area (Å²) in [6, 6.07) is 13.9. The number of anilines is 1. The van der Waals surface area contributed by atoms with Gasteiger partial charge in [0.2, 0.25) is 5.88 Å². The van der Waals surface area contributed by atoms with Crippen LogP contribution in [0.5, 0.6) is 5.88 Å². The minimum atomic E-state index is -0.799.